The monoisotopic (exact) mass is 333 g/mol. The van der Waals surface area contributed by atoms with Crippen molar-refractivity contribution in [2.75, 3.05) is 11.9 Å². The fourth-order valence-corrected chi connectivity index (χ4v) is 2.64. The van der Waals surface area contributed by atoms with Crippen LogP contribution in [0.5, 0.6) is 5.75 Å². The molecule has 1 N–H and O–H groups in total. The highest BCUT2D eigenvalue weighted by Crippen LogP contribution is 2.24. The fourth-order valence-electron chi connectivity index (χ4n) is 1.87. The van der Waals surface area contributed by atoms with Crippen LogP contribution in [-0.2, 0) is 10.2 Å². The molecule has 1 heterocycles. The smallest absolute Gasteiger partial charge is 0.264 e. The molecule has 6 heteroatoms. The van der Waals surface area contributed by atoms with Crippen molar-refractivity contribution >= 4 is 22.4 Å². The van der Waals surface area contributed by atoms with Gasteiger partial charge in [-0.15, -0.1) is 10.2 Å². The Balaban J connectivity index is 1.86. The van der Waals surface area contributed by atoms with Gasteiger partial charge in [-0.2, -0.15) is 0 Å². The largest absolute Gasteiger partial charge is 0.484 e. The number of hydrogen-bond donors (Lipinski definition) is 1. The minimum absolute atomic E-state index is 0.0501. The van der Waals surface area contributed by atoms with E-state index in [0.29, 0.717) is 16.8 Å². The molecule has 0 atom stereocenters. The zero-order valence-corrected chi connectivity index (χ0v) is 15.0. The second kappa shape index (κ2) is 7.08. The summed E-state index contributed by atoms with van der Waals surface area (Å²) < 4.78 is 5.51. The first kappa shape index (κ1) is 17.4. The van der Waals surface area contributed by atoms with Gasteiger partial charge in [0.1, 0.15) is 10.8 Å². The van der Waals surface area contributed by atoms with Gasteiger partial charge < -0.3 is 4.74 Å². The van der Waals surface area contributed by atoms with Crippen molar-refractivity contribution in [2.24, 2.45) is 0 Å². The number of ether oxygens (including phenoxy) is 1. The molecule has 2 aromatic rings. The maximum Gasteiger partial charge on any atom is 0.264 e. The van der Waals surface area contributed by atoms with Crippen molar-refractivity contribution in [3.05, 3.63) is 34.8 Å². The molecule has 0 saturated carbocycles. The van der Waals surface area contributed by atoms with Crippen LogP contribution in [0.2, 0.25) is 0 Å². The Morgan fingerprint density at radius 2 is 1.87 bits per heavy atom. The van der Waals surface area contributed by atoms with E-state index in [-0.39, 0.29) is 17.9 Å². The second-order valence-electron chi connectivity index (χ2n) is 6.71. The lowest BCUT2D eigenvalue weighted by molar-refractivity contribution is -0.118. The highest BCUT2D eigenvalue weighted by atomic mass is 32.1. The highest BCUT2D eigenvalue weighted by molar-refractivity contribution is 7.15. The lowest BCUT2D eigenvalue weighted by atomic mass is 9.87. The first-order valence-electron chi connectivity index (χ1n) is 7.62. The summed E-state index contributed by atoms with van der Waals surface area (Å²) in [5.41, 5.74) is 1.33. The summed E-state index contributed by atoms with van der Waals surface area (Å²) in [6.07, 6.45) is 0. The Labute approximate surface area is 141 Å². The number of rotatable bonds is 5. The summed E-state index contributed by atoms with van der Waals surface area (Å²) in [5, 5.41) is 12.1. The molecular formula is C17H23N3O2S. The van der Waals surface area contributed by atoms with Crippen molar-refractivity contribution in [3.8, 4) is 5.75 Å². The topological polar surface area (TPSA) is 64.1 Å². The molecule has 2 rings (SSSR count). The molecule has 0 aliphatic carbocycles. The third-order valence-corrected chi connectivity index (χ3v) is 4.41. The van der Waals surface area contributed by atoms with Gasteiger partial charge in [0.25, 0.3) is 5.91 Å². The van der Waals surface area contributed by atoms with Crippen LogP contribution in [0.25, 0.3) is 0 Å². The highest BCUT2D eigenvalue weighted by Gasteiger charge is 2.14. The molecule has 0 radical (unpaired) electrons. The summed E-state index contributed by atoms with van der Waals surface area (Å²) in [6, 6.07) is 7.81. The maximum absolute atomic E-state index is 11.9. The Morgan fingerprint density at radius 1 is 1.22 bits per heavy atom. The van der Waals surface area contributed by atoms with Crippen molar-refractivity contribution < 1.29 is 9.53 Å². The lowest BCUT2D eigenvalue weighted by Gasteiger charge is -2.19. The van der Waals surface area contributed by atoms with Crippen LogP contribution in [-0.4, -0.2) is 22.7 Å². The molecule has 5 nitrogen and oxygen atoms in total. The minimum atomic E-state index is -0.239. The van der Waals surface area contributed by atoms with Crippen LogP contribution in [0.15, 0.2) is 24.3 Å². The molecule has 1 aromatic heterocycles. The van der Waals surface area contributed by atoms with Crippen LogP contribution >= 0.6 is 11.3 Å². The van der Waals surface area contributed by atoms with Gasteiger partial charge in [-0.3, -0.25) is 10.1 Å². The molecule has 0 saturated heterocycles. The predicted octanol–water partition coefficient (Wildman–Crippen LogP) is 3.98. The van der Waals surface area contributed by atoms with E-state index < -0.39 is 0 Å². The van der Waals surface area contributed by atoms with E-state index in [0.717, 1.165) is 5.01 Å². The third-order valence-electron chi connectivity index (χ3n) is 3.27. The molecule has 0 aliphatic rings. The van der Waals surface area contributed by atoms with E-state index in [1.165, 1.54) is 16.9 Å². The average Bonchev–Trinajstić information content (AvgIpc) is 2.93. The third kappa shape index (κ3) is 5.03. The van der Waals surface area contributed by atoms with E-state index in [1.54, 1.807) is 0 Å². The minimum Gasteiger partial charge on any atom is -0.484 e. The maximum atomic E-state index is 11.9. The Bertz CT molecular complexity index is 657. The van der Waals surface area contributed by atoms with Crippen LogP contribution in [0.4, 0.5) is 5.13 Å². The number of nitrogens with zero attached hydrogens (tertiary/aromatic N) is 2. The number of carbonyl (C=O) groups excluding carboxylic acids is 1. The molecule has 1 aromatic carbocycles. The van der Waals surface area contributed by atoms with E-state index >= 15 is 0 Å². The number of nitrogens with one attached hydrogen (secondary N) is 1. The molecule has 0 aliphatic heterocycles. The normalized spacial score (nSPS) is 11.6. The zero-order valence-electron chi connectivity index (χ0n) is 14.2. The van der Waals surface area contributed by atoms with Crippen molar-refractivity contribution in [1.29, 1.82) is 0 Å². The van der Waals surface area contributed by atoms with Gasteiger partial charge >= 0.3 is 0 Å². The molecular weight excluding hydrogens is 310 g/mol. The number of aromatic nitrogens is 2. The van der Waals surface area contributed by atoms with Crippen LogP contribution < -0.4 is 10.1 Å². The quantitative estimate of drug-likeness (QED) is 0.899. The van der Waals surface area contributed by atoms with Crippen molar-refractivity contribution in [2.45, 2.75) is 46.0 Å². The predicted molar refractivity (Wildman–Crippen MR) is 93.3 cm³/mol. The number of carbonyl (C=O) groups is 1. The van der Waals surface area contributed by atoms with Gasteiger partial charge in [0, 0.05) is 5.92 Å². The summed E-state index contributed by atoms with van der Waals surface area (Å²) in [7, 11) is 0. The van der Waals surface area contributed by atoms with Gasteiger partial charge in [0.05, 0.1) is 0 Å². The molecule has 23 heavy (non-hydrogen) atoms. The first-order chi connectivity index (χ1) is 10.8. The standard InChI is InChI=1S/C17H23N3O2S/c1-11(2)15-19-20-16(23-15)18-14(21)10-22-13-8-6-12(7-9-13)17(3,4)5/h6-9,11H,10H2,1-5H3,(H,18,20,21). The number of amides is 1. The van der Waals surface area contributed by atoms with E-state index in [9.17, 15) is 4.79 Å². The Morgan fingerprint density at radius 3 is 2.39 bits per heavy atom. The van der Waals surface area contributed by atoms with Gasteiger partial charge in [-0.1, -0.05) is 58.1 Å². The second-order valence-corrected chi connectivity index (χ2v) is 7.72. The molecule has 124 valence electrons. The van der Waals surface area contributed by atoms with E-state index in [1.807, 2.05) is 38.1 Å². The van der Waals surface area contributed by atoms with Gasteiger partial charge in [-0.25, -0.2) is 0 Å². The first-order valence-corrected chi connectivity index (χ1v) is 8.44. The van der Waals surface area contributed by atoms with Crippen LogP contribution in [0, 0.1) is 0 Å². The van der Waals surface area contributed by atoms with E-state index in [4.69, 9.17) is 4.74 Å². The lowest BCUT2D eigenvalue weighted by Crippen LogP contribution is -2.20. The van der Waals surface area contributed by atoms with Crippen molar-refractivity contribution in [1.82, 2.24) is 10.2 Å². The molecule has 0 spiro atoms. The SMILES string of the molecule is CC(C)c1nnc(NC(=O)COc2ccc(C(C)(C)C)cc2)s1. The van der Waals surface area contributed by atoms with Gasteiger partial charge in [-0.05, 0) is 23.1 Å². The summed E-state index contributed by atoms with van der Waals surface area (Å²) >= 11 is 1.39. The summed E-state index contributed by atoms with van der Waals surface area (Å²) in [4.78, 5) is 11.9. The zero-order chi connectivity index (χ0) is 17.0. The summed E-state index contributed by atoms with van der Waals surface area (Å²) in [6.45, 7) is 10.5. The Hall–Kier alpha value is -1.95. The van der Waals surface area contributed by atoms with Crippen molar-refractivity contribution in [3.63, 3.8) is 0 Å². The van der Waals surface area contributed by atoms with E-state index in [2.05, 4.69) is 36.3 Å². The molecule has 1 amide bonds. The number of anilines is 1. The molecule has 0 bridgehead atoms. The summed E-state index contributed by atoms with van der Waals surface area (Å²) in [5.74, 6) is 0.736. The molecule has 0 fully saturated rings. The molecule has 0 unspecified atom stereocenters. The van der Waals surface area contributed by atoms with Crippen LogP contribution in [0.3, 0.4) is 0 Å². The Kier molecular flexibility index (Phi) is 5.36. The van der Waals surface area contributed by atoms with Crippen LogP contribution in [0.1, 0.15) is 51.1 Å². The van der Waals surface area contributed by atoms with Gasteiger partial charge in [0.2, 0.25) is 5.13 Å². The average molecular weight is 333 g/mol. The number of benzene rings is 1. The number of hydrogen-bond acceptors (Lipinski definition) is 5. The van der Waals surface area contributed by atoms with Gasteiger partial charge in [0.15, 0.2) is 6.61 Å². The fraction of sp³-hybridized carbons (Fsp3) is 0.471.